The highest BCUT2D eigenvalue weighted by molar-refractivity contribution is 7.15. The molecule has 3 rings (SSSR count). The van der Waals surface area contributed by atoms with Crippen molar-refractivity contribution in [3.8, 4) is 10.6 Å². The van der Waals surface area contributed by atoms with Crippen LogP contribution in [0.3, 0.4) is 0 Å². The summed E-state index contributed by atoms with van der Waals surface area (Å²) in [5.74, 6) is 0.561. The molecule has 3 aromatic rings. The lowest BCUT2D eigenvalue weighted by Crippen LogP contribution is -1.97. The van der Waals surface area contributed by atoms with Gasteiger partial charge < -0.3 is 5.32 Å². The van der Waals surface area contributed by atoms with Crippen LogP contribution in [0.5, 0.6) is 0 Å². The largest absolute Gasteiger partial charge is 0.323 e. The van der Waals surface area contributed by atoms with Crippen molar-refractivity contribution in [2.24, 2.45) is 0 Å². The minimum atomic E-state index is 0.561. The minimum absolute atomic E-state index is 0.561. The van der Waals surface area contributed by atoms with Crippen LogP contribution in [0.2, 0.25) is 0 Å². The summed E-state index contributed by atoms with van der Waals surface area (Å²) in [6, 6.07) is 5.71. The molecule has 0 saturated heterocycles. The number of rotatable bonds is 4. The molecule has 106 valence electrons. The van der Waals surface area contributed by atoms with E-state index in [4.69, 9.17) is 0 Å². The number of nitrogens with zero attached hydrogens (tertiary/aromatic N) is 4. The predicted octanol–water partition coefficient (Wildman–Crippen LogP) is 3.61. The summed E-state index contributed by atoms with van der Waals surface area (Å²) in [6.07, 6.45) is 6.17. The Morgan fingerprint density at radius 2 is 2.10 bits per heavy atom. The van der Waals surface area contributed by atoms with Crippen LogP contribution in [0.15, 0.2) is 36.8 Å². The summed E-state index contributed by atoms with van der Waals surface area (Å²) in [4.78, 5) is 18.5. The minimum Gasteiger partial charge on any atom is -0.323 e. The molecule has 0 saturated carbocycles. The van der Waals surface area contributed by atoms with Crippen molar-refractivity contribution in [1.82, 2.24) is 19.9 Å². The van der Waals surface area contributed by atoms with E-state index in [9.17, 15) is 0 Å². The molecule has 0 aliphatic carbocycles. The molecule has 5 nitrogen and oxygen atoms in total. The van der Waals surface area contributed by atoms with Gasteiger partial charge in [0.15, 0.2) is 0 Å². The van der Waals surface area contributed by atoms with Gasteiger partial charge in [0.25, 0.3) is 0 Å². The van der Waals surface area contributed by atoms with E-state index in [1.54, 1.807) is 29.9 Å². The third-order valence-electron chi connectivity index (χ3n) is 2.95. The highest BCUT2D eigenvalue weighted by Crippen LogP contribution is 2.29. The van der Waals surface area contributed by atoms with Crippen molar-refractivity contribution in [1.29, 1.82) is 0 Å². The number of pyridine rings is 1. The van der Waals surface area contributed by atoms with Gasteiger partial charge in [-0.2, -0.15) is 0 Å². The standard InChI is InChI=1S/C15H15N5S/c1-3-13-18-10(2)14(21-13)12-6-8-17-15(20-12)19-11-5-4-7-16-9-11/h4-9H,3H2,1-2H3,(H,17,19,20). The van der Waals surface area contributed by atoms with Gasteiger partial charge in [-0.15, -0.1) is 11.3 Å². The highest BCUT2D eigenvalue weighted by Gasteiger charge is 2.11. The molecule has 0 unspecified atom stereocenters. The maximum atomic E-state index is 4.57. The Hall–Kier alpha value is -2.34. The van der Waals surface area contributed by atoms with Gasteiger partial charge in [-0.25, -0.2) is 15.0 Å². The second-order valence-electron chi connectivity index (χ2n) is 4.51. The average molecular weight is 297 g/mol. The fourth-order valence-electron chi connectivity index (χ4n) is 1.95. The predicted molar refractivity (Wildman–Crippen MR) is 84.8 cm³/mol. The van der Waals surface area contributed by atoms with Crippen molar-refractivity contribution in [2.45, 2.75) is 20.3 Å². The van der Waals surface area contributed by atoms with E-state index in [-0.39, 0.29) is 0 Å². The number of nitrogens with one attached hydrogen (secondary N) is 1. The normalized spacial score (nSPS) is 10.6. The van der Waals surface area contributed by atoms with Gasteiger partial charge in [0.2, 0.25) is 5.95 Å². The van der Waals surface area contributed by atoms with Gasteiger partial charge in [0, 0.05) is 12.4 Å². The van der Waals surface area contributed by atoms with Crippen molar-refractivity contribution in [3.63, 3.8) is 0 Å². The Morgan fingerprint density at radius 1 is 1.19 bits per heavy atom. The van der Waals surface area contributed by atoms with Crippen LogP contribution in [0, 0.1) is 6.92 Å². The van der Waals surface area contributed by atoms with Gasteiger partial charge in [-0.3, -0.25) is 4.98 Å². The Bertz CT molecular complexity index is 739. The molecule has 0 fully saturated rings. The number of hydrogen-bond donors (Lipinski definition) is 1. The lowest BCUT2D eigenvalue weighted by molar-refractivity contribution is 1.07. The van der Waals surface area contributed by atoms with E-state index in [2.05, 4.69) is 32.2 Å². The summed E-state index contributed by atoms with van der Waals surface area (Å²) in [5.41, 5.74) is 2.78. The van der Waals surface area contributed by atoms with Crippen molar-refractivity contribution in [3.05, 3.63) is 47.5 Å². The molecular formula is C15H15N5S. The smallest absolute Gasteiger partial charge is 0.227 e. The maximum absolute atomic E-state index is 4.57. The van der Waals surface area contributed by atoms with Crippen LogP contribution in [-0.4, -0.2) is 19.9 Å². The van der Waals surface area contributed by atoms with E-state index in [1.165, 1.54) is 0 Å². The molecule has 0 aliphatic rings. The summed E-state index contributed by atoms with van der Waals surface area (Å²) < 4.78 is 0. The molecule has 6 heteroatoms. The summed E-state index contributed by atoms with van der Waals surface area (Å²) in [6.45, 7) is 4.12. The molecule has 0 aromatic carbocycles. The van der Waals surface area contributed by atoms with Crippen molar-refractivity contribution in [2.75, 3.05) is 5.32 Å². The second-order valence-corrected chi connectivity index (χ2v) is 5.59. The van der Waals surface area contributed by atoms with E-state index in [1.807, 2.05) is 25.1 Å². The Kier molecular flexibility index (Phi) is 3.87. The van der Waals surface area contributed by atoms with Crippen LogP contribution < -0.4 is 5.32 Å². The molecule has 21 heavy (non-hydrogen) atoms. The third-order valence-corrected chi connectivity index (χ3v) is 4.27. The Morgan fingerprint density at radius 3 is 2.81 bits per heavy atom. The molecule has 0 atom stereocenters. The van der Waals surface area contributed by atoms with Crippen LogP contribution in [0.1, 0.15) is 17.6 Å². The summed E-state index contributed by atoms with van der Waals surface area (Å²) in [5, 5.41) is 4.28. The molecule has 0 spiro atoms. The molecule has 0 radical (unpaired) electrons. The first kappa shape index (κ1) is 13.6. The number of aromatic nitrogens is 4. The van der Waals surface area contributed by atoms with Crippen molar-refractivity contribution >= 4 is 23.0 Å². The first-order chi connectivity index (χ1) is 10.3. The van der Waals surface area contributed by atoms with Crippen LogP contribution >= 0.6 is 11.3 Å². The third kappa shape index (κ3) is 3.05. The summed E-state index contributed by atoms with van der Waals surface area (Å²) in [7, 11) is 0. The zero-order valence-electron chi connectivity index (χ0n) is 11.9. The van der Waals surface area contributed by atoms with Gasteiger partial charge in [-0.05, 0) is 31.5 Å². The van der Waals surface area contributed by atoms with Crippen LogP contribution in [-0.2, 0) is 6.42 Å². The highest BCUT2D eigenvalue weighted by atomic mass is 32.1. The van der Waals surface area contributed by atoms with Crippen LogP contribution in [0.25, 0.3) is 10.6 Å². The molecule has 0 amide bonds. The first-order valence-corrected chi connectivity index (χ1v) is 7.54. The van der Waals surface area contributed by atoms with E-state index in [0.717, 1.165) is 33.4 Å². The average Bonchev–Trinajstić information content (AvgIpc) is 2.90. The lowest BCUT2D eigenvalue weighted by atomic mass is 10.3. The number of anilines is 2. The number of thiazole rings is 1. The zero-order valence-corrected chi connectivity index (χ0v) is 12.7. The van der Waals surface area contributed by atoms with Gasteiger partial charge in [0.1, 0.15) is 0 Å². The summed E-state index contributed by atoms with van der Waals surface area (Å²) >= 11 is 1.69. The Balaban J connectivity index is 1.91. The van der Waals surface area contributed by atoms with E-state index < -0.39 is 0 Å². The number of aryl methyl sites for hydroxylation is 2. The molecule has 3 aromatic heterocycles. The first-order valence-electron chi connectivity index (χ1n) is 6.73. The monoisotopic (exact) mass is 297 g/mol. The van der Waals surface area contributed by atoms with E-state index >= 15 is 0 Å². The van der Waals surface area contributed by atoms with Crippen molar-refractivity contribution < 1.29 is 0 Å². The molecular weight excluding hydrogens is 282 g/mol. The SMILES string of the molecule is CCc1nc(C)c(-c2ccnc(Nc3cccnc3)n2)s1. The van der Waals surface area contributed by atoms with E-state index in [0.29, 0.717) is 5.95 Å². The number of hydrogen-bond acceptors (Lipinski definition) is 6. The molecule has 1 N–H and O–H groups in total. The molecule has 0 aliphatic heterocycles. The van der Waals surface area contributed by atoms with Crippen LogP contribution in [0.4, 0.5) is 11.6 Å². The fourth-order valence-corrected chi connectivity index (χ4v) is 2.93. The molecule has 3 heterocycles. The van der Waals surface area contributed by atoms with Gasteiger partial charge in [-0.1, -0.05) is 6.92 Å². The van der Waals surface area contributed by atoms with Gasteiger partial charge >= 0.3 is 0 Å². The maximum Gasteiger partial charge on any atom is 0.227 e. The zero-order chi connectivity index (χ0) is 14.7. The Labute approximate surface area is 127 Å². The molecule has 0 bridgehead atoms. The second kappa shape index (κ2) is 5.97. The quantitative estimate of drug-likeness (QED) is 0.797. The van der Waals surface area contributed by atoms with Gasteiger partial charge in [0.05, 0.1) is 33.2 Å². The topological polar surface area (TPSA) is 63.6 Å². The fraction of sp³-hybridized carbons (Fsp3) is 0.200. The lowest BCUT2D eigenvalue weighted by Gasteiger charge is -2.05.